The molecule has 1 atom stereocenters. The average molecular weight is 271 g/mol. The molecule has 1 aliphatic carbocycles. The van der Waals surface area contributed by atoms with Crippen LogP contribution in [0.1, 0.15) is 45.1 Å². The Balaban J connectivity index is 1.77. The molecule has 0 radical (unpaired) electrons. The van der Waals surface area contributed by atoms with Crippen molar-refractivity contribution in [1.29, 1.82) is 0 Å². The molecule has 0 bridgehead atoms. The fraction of sp³-hybridized carbons (Fsp3) is 0.611. The van der Waals surface area contributed by atoms with Gasteiger partial charge in [0.15, 0.2) is 0 Å². The predicted molar refractivity (Wildman–Crippen MR) is 83.1 cm³/mol. The number of rotatable bonds is 2. The van der Waals surface area contributed by atoms with E-state index in [1.165, 1.54) is 30.5 Å². The summed E-state index contributed by atoms with van der Waals surface area (Å²) >= 11 is 0. The number of carbonyl (C=O) groups is 1. The molecule has 2 aliphatic rings. The molecule has 1 heterocycles. The number of aryl methyl sites for hydroxylation is 1. The SMILES string of the molecule is CC1(C)CCCC(CN2CCCc3ccccc32)C1=O. The number of Topliss-reactive ketones (excluding diaryl/α,β-unsaturated/α-hetero) is 1. The largest absolute Gasteiger partial charge is 0.371 e. The molecule has 0 amide bonds. The minimum absolute atomic E-state index is 0.113. The molecular formula is C18H25NO. The van der Waals surface area contributed by atoms with Crippen LogP contribution in [0, 0.1) is 11.3 Å². The maximum absolute atomic E-state index is 12.6. The summed E-state index contributed by atoms with van der Waals surface area (Å²) in [6.45, 7) is 6.25. The van der Waals surface area contributed by atoms with E-state index in [0.717, 1.165) is 25.9 Å². The van der Waals surface area contributed by atoms with Gasteiger partial charge in [0.2, 0.25) is 0 Å². The van der Waals surface area contributed by atoms with Crippen LogP contribution in [-0.4, -0.2) is 18.9 Å². The quantitative estimate of drug-likeness (QED) is 0.814. The zero-order valence-electron chi connectivity index (χ0n) is 12.7. The van der Waals surface area contributed by atoms with Crippen LogP contribution in [0.5, 0.6) is 0 Å². The van der Waals surface area contributed by atoms with Gasteiger partial charge in [0.25, 0.3) is 0 Å². The van der Waals surface area contributed by atoms with Gasteiger partial charge in [0, 0.05) is 30.1 Å². The first-order valence-electron chi connectivity index (χ1n) is 7.95. The third kappa shape index (κ3) is 2.48. The van der Waals surface area contributed by atoms with E-state index in [1.54, 1.807) is 0 Å². The Kier molecular flexibility index (Phi) is 3.57. The van der Waals surface area contributed by atoms with Crippen LogP contribution in [0.2, 0.25) is 0 Å². The molecule has 2 heteroatoms. The summed E-state index contributed by atoms with van der Waals surface area (Å²) in [4.78, 5) is 15.1. The van der Waals surface area contributed by atoms with Crippen LogP contribution < -0.4 is 4.90 Å². The van der Waals surface area contributed by atoms with Crippen molar-refractivity contribution in [2.24, 2.45) is 11.3 Å². The van der Waals surface area contributed by atoms with Crippen molar-refractivity contribution in [3.8, 4) is 0 Å². The molecule has 1 saturated carbocycles. The zero-order chi connectivity index (χ0) is 14.2. The molecule has 1 fully saturated rings. The highest BCUT2D eigenvalue weighted by molar-refractivity contribution is 5.87. The first-order chi connectivity index (χ1) is 9.58. The smallest absolute Gasteiger partial charge is 0.143 e. The van der Waals surface area contributed by atoms with Crippen molar-refractivity contribution >= 4 is 11.5 Å². The van der Waals surface area contributed by atoms with Gasteiger partial charge >= 0.3 is 0 Å². The molecule has 1 aliphatic heterocycles. The minimum Gasteiger partial charge on any atom is -0.371 e. The number of anilines is 1. The second-order valence-corrected chi connectivity index (χ2v) is 7.02. The van der Waals surface area contributed by atoms with E-state index < -0.39 is 0 Å². The number of benzene rings is 1. The Bertz CT molecular complexity index is 506. The molecule has 0 saturated heterocycles. The van der Waals surface area contributed by atoms with Gasteiger partial charge in [0.05, 0.1) is 0 Å². The number of hydrogen-bond acceptors (Lipinski definition) is 2. The lowest BCUT2D eigenvalue weighted by Crippen LogP contribution is -2.43. The molecule has 1 unspecified atom stereocenters. The third-order valence-electron chi connectivity index (χ3n) is 5.04. The number of ketones is 1. The summed E-state index contributed by atoms with van der Waals surface area (Å²) < 4.78 is 0. The van der Waals surface area contributed by atoms with Gasteiger partial charge in [-0.15, -0.1) is 0 Å². The van der Waals surface area contributed by atoms with Gasteiger partial charge in [-0.2, -0.15) is 0 Å². The number of nitrogens with zero attached hydrogens (tertiary/aromatic N) is 1. The van der Waals surface area contributed by atoms with Crippen molar-refractivity contribution in [2.75, 3.05) is 18.0 Å². The fourth-order valence-electron chi connectivity index (χ4n) is 3.84. The highest BCUT2D eigenvalue weighted by atomic mass is 16.1. The molecule has 2 nitrogen and oxygen atoms in total. The van der Waals surface area contributed by atoms with Crippen LogP contribution in [0.4, 0.5) is 5.69 Å². The van der Waals surface area contributed by atoms with E-state index in [9.17, 15) is 4.79 Å². The highest BCUT2D eigenvalue weighted by Gasteiger charge is 2.38. The summed E-state index contributed by atoms with van der Waals surface area (Å²) in [5, 5.41) is 0. The first kappa shape index (κ1) is 13.7. The van der Waals surface area contributed by atoms with E-state index in [-0.39, 0.29) is 11.3 Å². The lowest BCUT2D eigenvalue weighted by atomic mass is 9.71. The van der Waals surface area contributed by atoms with Gasteiger partial charge in [-0.25, -0.2) is 0 Å². The van der Waals surface area contributed by atoms with Crippen molar-refractivity contribution in [3.63, 3.8) is 0 Å². The van der Waals surface area contributed by atoms with Crippen LogP contribution in [-0.2, 0) is 11.2 Å². The van der Waals surface area contributed by atoms with Crippen molar-refractivity contribution in [2.45, 2.75) is 46.0 Å². The van der Waals surface area contributed by atoms with E-state index in [1.807, 2.05) is 0 Å². The second kappa shape index (κ2) is 5.23. The Morgan fingerprint density at radius 1 is 1.25 bits per heavy atom. The Morgan fingerprint density at radius 2 is 2.05 bits per heavy atom. The van der Waals surface area contributed by atoms with Crippen LogP contribution in [0.25, 0.3) is 0 Å². The first-order valence-corrected chi connectivity index (χ1v) is 7.95. The van der Waals surface area contributed by atoms with Gasteiger partial charge in [0.1, 0.15) is 5.78 Å². The lowest BCUT2D eigenvalue weighted by molar-refractivity contribution is -0.133. The van der Waals surface area contributed by atoms with E-state index >= 15 is 0 Å². The number of hydrogen-bond donors (Lipinski definition) is 0. The molecule has 108 valence electrons. The molecular weight excluding hydrogens is 246 g/mol. The number of para-hydroxylation sites is 1. The standard InChI is InChI=1S/C18H25NO/c1-18(2)11-5-8-15(17(18)20)13-19-12-6-9-14-7-3-4-10-16(14)19/h3-4,7,10,15H,5-6,8-9,11-13H2,1-2H3. The monoisotopic (exact) mass is 271 g/mol. The van der Waals surface area contributed by atoms with Crippen LogP contribution in [0.15, 0.2) is 24.3 Å². The Labute approximate surface area is 122 Å². The van der Waals surface area contributed by atoms with Gasteiger partial charge in [-0.3, -0.25) is 4.79 Å². The van der Waals surface area contributed by atoms with Gasteiger partial charge < -0.3 is 4.90 Å². The predicted octanol–water partition coefficient (Wildman–Crippen LogP) is 3.83. The second-order valence-electron chi connectivity index (χ2n) is 7.02. The van der Waals surface area contributed by atoms with E-state index in [0.29, 0.717) is 5.78 Å². The van der Waals surface area contributed by atoms with Crippen LogP contribution >= 0.6 is 0 Å². The van der Waals surface area contributed by atoms with Crippen molar-refractivity contribution in [3.05, 3.63) is 29.8 Å². The summed E-state index contributed by atoms with van der Waals surface area (Å²) in [7, 11) is 0. The van der Waals surface area contributed by atoms with Gasteiger partial charge in [-0.1, -0.05) is 38.5 Å². The molecule has 0 aromatic heterocycles. The lowest BCUT2D eigenvalue weighted by Gasteiger charge is -2.39. The molecule has 3 rings (SSSR count). The zero-order valence-corrected chi connectivity index (χ0v) is 12.7. The average Bonchev–Trinajstić information content (AvgIpc) is 2.44. The normalized spacial score (nSPS) is 25.4. The van der Waals surface area contributed by atoms with E-state index in [2.05, 4.69) is 43.0 Å². The summed E-state index contributed by atoms with van der Waals surface area (Å²) in [5.41, 5.74) is 2.69. The maximum atomic E-state index is 12.6. The number of carbonyl (C=O) groups excluding carboxylic acids is 1. The van der Waals surface area contributed by atoms with E-state index in [4.69, 9.17) is 0 Å². The highest BCUT2D eigenvalue weighted by Crippen LogP contribution is 2.37. The maximum Gasteiger partial charge on any atom is 0.143 e. The van der Waals surface area contributed by atoms with Crippen molar-refractivity contribution in [1.82, 2.24) is 0 Å². The summed E-state index contributed by atoms with van der Waals surface area (Å²) in [5.74, 6) is 0.705. The third-order valence-corrected chi connectivity index (χ3v) is 5.04. The van der Waals surface area contributed by atoms with Gasteiger partial charge in [-0.05, 0) is 37.3 Å². The molecule has 0 spiro atoms. The van der Waals surface area contributed by atoms with Crippen molar-refractivity contribution < 1.29 is 4.79 Å². The molecule has 1 aromatic rings. The minimum atomic E-state index is -0.113. The molecule has 20 heavy (non-hydrogen) atoms. The molecule has 0 N–H and O–H groups in total. The molecule has 1 aromatic carbocycles. The number of fused-ring (bicyclic) bond motifs is 1. The topological polar surface area (TPSA) is 20.3 Å². The summed E-state index contributed by atoms with van der Waals surface area (Å²) in [6.07, 6.45) is 5.71. The van der Waals surface area contributed by atoms with Crippen LogP contribution in [0.3, 0.4) is 0 Å². The Hall–Kier alpha value is -1.31. The summed E-state index contributed by atoms with van der Waals surface area (Å²) in [6, 6.07) is 8.68. The fourth-order valence-corrected chi connectivity index (χ4v) is 3.84. The Morgan fingerprint density at radius 3 is 2.90 bits per heavy atom.